The molecule has 0 bridgehead atoms. The average Bonchev–Trinajstić information content (AvgIpc) is 2.83. The summed E-state index contributed by atoms with van der Waals surface area (Å²) in [7, 11) is 1.67. The van der Waals surface area contributed by atoms with E-state index in [1.807, 2.05) is 12.1 Å². The van der Waals surface area contributed by atoms with Crippen molar-refractivity contribution in [2.24, 2.45) is 7.05 Å². The molecule has 0 aliphatic carbocycles. The molecule has 3 aromatic rings. The van der Waals surface area contributed by atoms with Gasteiger partial charge in [-0.05, 0) is 12.1 Å². The van der Waals surface area contributed by atoms with E-state index in [9.17, 15) is 9.90 Å². The molecule has 0 saturated heterocycles. The monoisotopic (exact) mass is 273 g/mol. The summed E-state index contributed by atoms with van der Waals surface area (Å²) in [6.07, 6.45) is 0. The highest BCUT2D eigenvalue weighted by Crippen LogP contribution is 2.33. The predicted molar refractivity (Wildman–Crippen MR) is 76.4 cm³/mol. The lowest BCUT2D eigenvalue weighted by Crippen LogP contribution is -2.19. The summed E-state index contributed by atoms with van der Waals surface area (Å²) in [5.74, 6) is -0.0519. The van der Waals surface area contributed by atoms with E-state index in [-0.39, 0.29) is 16.9 Å². The Morgan fingerprint density at radius 3 is 2.79 bits per heavy atom. The van der Waals surface area contributed by atoms with Crippen molar-refractivity contribution in [2.75, 3.05) is 5.73 Å². The van der Waals surface area contributed by atoms with Crippen LogP contribution in [0.3, 0.4) is 0 Å². The Bertz CT molecular complexity index is 836. The topological polar surface area (TPSA) is 81.1 Å². The Labute approximate surface area is 112 Å². The number of fused-ring (bicyclic) bond motifs is 1. The van der Waals surface area contributed by atoms with Gasteiger partial charge in [-0.15, -0.1) is 11.3 Å². The quantitative estimate of drug-likeness (QED) is 0.710. The Balaban J connectivity index is 2.46. The van der Waals surface area contributed by atoms with Gasteiger partial charge in [-0.1, -0.05) is 12.1 Å². The van der Waals surface area contributed by atoms with Crippen molar-refractivity contribution in [3.8, 4) is 17.0 Å². The third kappa shape index (κ3) is 1.68. The average molecular weight is 273 g/mol. The number of nitrogen functional groups attached to an aromatic ring is 1. The number of rotatable bonds is 1. The Morgan fingerprint density at radius 2 is 2.11 bits per heavy atom. The van der Waals surface area contributed by atoms with Crippen LogP contribution in [0.5, 0.6) is 5.75 Å². The number of nitrogens with two attached hydrogens (primary N) is 1. The molecule has 0 aliphatic heterocycles. The maximum atomic E-state index is 12.3. The van der Waals surface area contributed by atoms with Gasteiger partial charge in [0.05, 0.1) is 11.2 Å². The summed E-state index contributed by atoms with van der Waals surface area (Å²) in [6.45, 7) is 0. The van der Waals surface area contributed by atoms with Crippen molar-refractivity contribution in [1.82, 2.24) is 9.55 Å². The molecule has 0 aliphatic rings. The molecule has 0 saturated carbocycles. The number of anilines is 1. The molecule has 96 valence electrons. The molecular weight excluding hydrogens is 262 g/mol. The van der Waals surface area contributed by atoms with E-state index in [2.05, 4.69) is 4.98 Å². The van der Waals surface area contributed by atoms with Gasteiger partial charge in [-0.3, -0.25) is 4.79 Å². The van der Waals surface area contributed by atoms with Crippen molar-refractivity contribution in [3.05, 3.63) is 40.0 Å². The number of hydrogen-bond donors (Lipinski definition) is 2. The van der Waals surface area contributed by atoms with Gasteiger partial charge < -0.3 is 15.4 Å². The van der Waals surface area contributed by atoms with E-state index in [1.165, 1.54) is 15.9 Å². The smallest absolute Gasteiger partial charge is 0.264 e. The van der Waals surface area contributed by atoms with E-state index >= 15 is 0 Å². The molecule has 1 aromatic carbocycles. The van der Waals surface area contributed by atoms with E-state index in [0.29, 0.717) is 21.7 Å². The number of aromatic hydroxyl groups is 1. The molecule has 2 aromatic heterocycles. The van der Waals surface area contributed by atoms with Crippen molar-refractivity contribution in [3.63, 3.8) is 0 Å². The van der Waals surface area contributed by atoms with E-state index in [4.69, 9.17) is 5.73 Å². The van der Waals surface area contributed by atoms with Crippen LogP contribution < -0.4 is 11.3 Å². The SMILES string of the molecule is Cn1c(=O)c(-c2csc(N)n2)c(O)c2ccccc21. The molecule has 19 heavy (non-hydrogen) atoms. The molecule has 0 radical (unpaired) electrons. The zero-order valence-corrected chi connectivity index (χ0v) is 10.9. The minimum absolute atomic E-state index is 0.0519. The van der Waals surface area contributed by atoms with E-state index in [0.717, 1.165) is 0 Å². The summed E-state index contributed by atoms with van der Waals surface area (Å²) in [4.78, 5) is 16.4. The zero-order valence-electron chi connectivity index (χ0n) is 10.1. The van der Waals surface area contributed by atoms with Crippen LogP contribution in [-0.2, 0) is 7.05 Å². The van der Waals surface area contributed by atoms with Gasteiger partial charge in [0.25, 0.3) is 5.56 Å². The lowest BCUT2D eigenvalue weighted by molar-refractivity contribution is 0.481. The third-order valence-corrected chi connectivity index (χ3v) is 3.73. The van der Waals surface area contributed by atoms with Crippen LogP contribution in [0.15, 0.2) is 34.4 Å². The highest BCUT2D eigenvalue weighted by molar-refractivity contribution is 7.13. The zero-order chi connectivity index (χ0) is 13.6. The van der Waals surface area contributed by atoms with E-state index in [1.54, 1.807) is 24.6 Å². The highest BCUT2D eigenvalue weighted by Gasteiger charge is 2.17. The van der Waals surface area contributed by atoms with Gasteiger partial charge >= 0.3 is 0 Å². The fourth-order valence-electron chi connectivity index (χ4n) is 2.11. The molecule has 0 amide bonds. The normalized spacial score (nSPS) is 11.0. The summed E-state index contributed by atoms with van der Waals surface area (Å²) >= 11 is 1.24. The largest absolute Gasteiger partial charge is 0.506 e. The van der Waals surface area contributed by atoms with Gasteiger partial charge in [0.2, 0.25) is 0 Å². The second kappa shape index (κ2) is 4.10. The molecule has 2 heterocycles. The summed E-state index contributed by atoms with van der Waals surface area (Å²) < 4.78 is 1.50. The number of benzene rings is 1. The maximum absolute atomic E-state index is 12.3. The van der Waals surface area contributed by atoms with Crippen LogP contribution in [-0.4, -0.2) is 14.7 Å². The summed E-state index contributed by atoms with van der Waals surface area (Å²) in [6, 6.07) is 7.19. The van der Waals surface area contributed by atoms with Crippen molar-refractivity contribution in [1.29, 1.82) is 0 Å². The number of thiazole rings is 1. The third-order valence-electron chi connectivity index (χ3n) is 3.05. The number of nitrogens with zero attached hydrogens (tertiary/aromatic N) is 2. The van der Waals surface area contributed by atoms with Gasteiger partial charge in [0.1, 0.15) is 11.3 Å². The molecule has 5 nitrogen and oxygen atoms in total. The van der Waals surface area contributed by atoms with Crippen LogP contribution in [0.2, 0.25) is 0 Å². The molecule has 0 fully saturated rings. The highest BCUT2D eigenvalue weighted by atomic mass is 32.1. The number of aryl methyl sites for hydroxylation is 1. The molecule has 3 N–H and O–H groups in total. The summed E-state index contributed by atoms with van der Waals surface area (Å²) in [5.41, 5.74) is 6.57. The van der Waals surface area contributed by atoms with E-state index < -0.39 is 0 Å². The van der Waals surface area contributed by atoms with Crippen LogP contribution in [0.4, 0.5) is 5.13 Å². The van der Waals surface area contributed by atoms with Crippen molar-refractivity contribution in [2.45, 2.75) is 0 Å². The van der Waals surface area contributed by atoms with Gasteiger partial charge in [0.15, 0.2) is 5.13 Å². The van der Waals surface area contributed by atoms with Gasteiger partial charge in [-0.2, -0.15) is 0 Å². The second-order valence-electron chi connectivity index (χ2n) is 4.18. The molecule has 3 rings (SSSR count). The van der Waals surface area contributed by atoms with Crippen LogP contribution in [0.25, 0.3) is 22.2 Å². The standard InChI is InChI=1S/C13H11N3O2S/c1-16-9-5-3-2-4-7(9)11(17)10(12(16)18)8-6-19-13(14)15-8/h2-6,17H,1H3,(H2,14,15). The van der Waals surface area contributed by atoms with Crippen LogP contribution in [0, 0.1) is 0 Å². The molecule has 0 atom stereocenters. The molecule has 6 heteroatoms. The first kappa shape index (κ1) is 11.7. The minimum Gasteiger partial charge on any atom is -0.506 e. The van der Waals surface area contributed by atoms with Crippen molar-refractivity contribution < 1.29 is 5.11 Å². The lowest BCUT2D eigenvalue weighted by Gasteiger charge is -2.10. The van der Waals surface area contributed by atoms with Gasteiger partial charge in [-0.25, -0.2) is 4.98 Å². The van der Waals surface area contributed by atoms with Crippen LogP contribution >= 0.6 is 11.3 Å². The molecular formula is C13H11N3O2S. The Hall–Kier alpha value is -2.34. The number of aromatic nitrogens is 2. The Kier molecular flexibility index (Phi) is 2.53. The predicted octanol–water partition coefficient (Wildman–Crippen LogP) is 1.95. The number of para-hydroxylation sites is 1. The second-order valence-corrected chi connectivity index (χ2v) is 5.07. The molecule has 0 spiro atoms. The summed E-state index contributed by atoms with van der Waals surface area (Å²) in [5, 5.41) is 13.0. The lowest BCUT2D eigenvalue weighted by atomic mass is 10.1. The fraction of sp³-hybridized carbons (Fsp3) is 0.0769. The maximum Gasteiger partial charge on any atom is 0.264 e. The van der Waals surface area contributed by atoms with Gasteiger partial charge in [0, 0.05) is 17.8 Å². The minimum atomic E-state index is -0.290. The molecule has 0 unspecified atom stereocenters. The first-order chi connectivity index (χ1) is 9.09. The fourth-order valence-corrected chi connectivity index (χ4v) is 2.67. The van der Waals surface area contributed by atoms with Crippen LogP contribution in [0.1, 0.15) is 0 Å². The number of hydrogen-bond acceptors (Lipinski definition) is 5. The first-order valence-corrected chi connectivity index (χ1v) is 6.49. The first-order valence-electron chi connectivity index (χ1n) is 5.61. The number of pyridine rings is 1. The van der Waals surface area contributed by atoms with Crippen molar-refractivity contribution >= 4 is 27.4 Å². The Morgan fingerprint density at radius 1 is 1.37 bits per heavy atom.